The summed E-state index contributed by atoms with van der Waals surface area (Å²) >= 11 is 0. The van der Waals surface area contributed by atoms with E-state index < -0.39 is 0 Å². The monoisotopic (exact) mass is 405 g/mol. The first kappa shape index (κ1) is 18.8. The lowest BCUT2D eigenvalue weighted by atomic mass is 10.1. The maximum Gasteiger partial charge on any atom is 0.248 e. The molecule has 0 saturated carbocycles. The summed E-state index contributed by atoms with van der Waals surface area (Å²) < 4.78 is 15.6. The third-order valence-corrected chi connectivity index (χ3v) is 6.05. The summed E-state index contributed by atoms with van der Waals surface area (Å²) in [7, 11) is 2.05. The third-order valence-electron chi connectivity index (χ3n) is 6.05. The van der Waals surface area contributed by atoms with Gasteiger partial charge in [-0.15, -0.1) is 0 Å². The largest absolute Gasteiger partial charge is 0.353 e. The van der Waals surface area contributed by atoms with Crippen LogP contribution in [0.15, 0.2) is 53.6 Å². The Morgan fingerprint density at radius 2 is 1.90 bits per heavy atom. The molecule has 3 aromatic heterocycles. The van der Waals surface area contributed by atoms with Crippen molar-refractivity contribution >= 4 is 27.6 Å². The van der Waals surface area contributed by atoms with Crippen molar-refractivity contribution in [2.45, 2.75) is 6.42 Å². The van der Waals surface area contributed by atoms with Gasteiger partial charge in [0.25, 0.3) is 0 Å². The standard InChI is InChI=1S/C23H24FN5O/c1-27-8-6-19-21(27)4-7-25-23(19)29-12-10-28(11-13-29)9-5-16-14-22(30)26-20-15-17(24)2-3-18(16)20/h2-4,6-8,14-15H,5,9-13H2,1H3,(H,26,30). The predicted molar refractivity (Wildman–Crippen MR) is 118 cm³/mol. The molecule has 6 nitrogen and oxygen atoms in total. The molecular weight excluding hydrogens is 381 g/mol. The van der Waals surface area contributed by atoms with Gasteiger partial charge in [0, 0.05) is 69.0 Å². The van der Waals surface area contributed by atoms with Gasteiger partial charge in [0.05, 0.1) is 11.0 Å². The number of H-pyrrole nitrogens is 1. The average molecular weight is 405 g/mol. The fourth-order valence-electron chi connectivity index (χ4n) is 4.41. The summed E-state index contributed by atoms with van der Waals surface area (Å²) in [4.78, 5) is 24.1. The zero-order chi connectivity index (χ0) is 20.7. The zero-order valence-electron chi connectivity index (χ0n) is 16.9. The molecule has 0 radical (unpaired) electrons. The molecular formula is C23H24FN5O. The Morgan fingerprint density at radius 1 is 1.07 bits per heavy atom. The first-order valence-corrected chi connectivity index (χ1v) is 10.3. The van der Waals surface area contributed by atoms with Crippen LogP contribution in [0, 0.1) is 5.82 Å². The number of aromatic nitrogens is 3. The number of nitrogens with one attached hydrogen (secondary N) is 1. The number of pyridine rings is 2. The number of hydrogen-bond acceptors (Lipinski definition) is 4. The van der Waals surface area contributed by atoms with Gasteiger partial charge < -0.3 is 14.5 Å². The van der Waals surface area contributed by atoms with Crippen LogP contribution in [-0.4, -0.2) is 52.2 Å². The van der Waals surface area contributed by atoms with Crippen LogP contribution in [0.5, 0.6) is 0 Å². The van der Waals surface area contributed by atoms with E-state index in [-0.39, 0.29) is 11.4 Å². The number of nitrogens with zero attached hydrogens (tertiary/aromatic N) is 4. The first-order valence-electron chi connectivity index (χ1n) is 10.3. The van der Waals surface area contributed by atoms with Gasteiger partial charge >= 0.3 is 0 Å². The van der Waals surface area contributed by atoms with Gasteiger partial charge in [0.1, 0.15) is 11.6 Å². The second kappa shape index (κ2) is 7.57. The Bertz CT molecular complexity index is 1270. The van der Waals surface area contributed by atoms with E-state index in [1.165, 1.54) is 23.0 Å². The van der Waals surface area contributed by atoms with Crippen molar-refractivity contribution in [2.75, 3.05) is 37.6 Å². The van der Waals surface area contributed by atoms with E-state index in [0.29, 0.717) is 5.52 Å². The normalized spacial score (nSPS) is 15.3. The molecule has 0 spiro atoms. The highest BCUT2D eigenvalue weighted by Gasteiger charge is 2.20. The van der Waals surface area contributed by atoms with Crippen molar-refractivity contribution in [1.82, 2.24) is 19.4 Å². The van der Waals surface area contributed by atoms with Crippen LogP contribution < -0.4 is 10.5 Å². The Hall–Kier alpha value is -3.19. The molecule has 5 rings (SSSR count). The summed E-state index contributed by atoms with van der Waals surface area (Å²) in [6.07, 6.45) is 4.72. The lowest BCUT2D eigenvalue weighted by Crippen LogP contribution is -2.47. The molecule has 7 heteroatoms. The summed E-state index contributed by atoms with van der Waals surface area (Å²) in [5.74, 6) is 0.712. The summed E-state index contributed by atoms with van der Waals surface area (Å²) in [5, 5.41) is 2.10. The lowest BCUT2D eigenvalue weighted by molar-refractivity contribution is 0.261. The molecule has 154 valence electrons. The number of fused-ring (bicyclic) bond motifs is 2. The van der Waals surface area contributed by atoms with Gasteiger partial charge in [0.2, 0.25) is 5.56 Å². The van der Waals surface area contributed by atoms with E-state index in [9.17, 15) is 9.18 Å². The van der Waals surface area contributed by atoms with Crippen LogP contribution in [0.3, 0.4) is 0 Å². The lowest BCUT2D eigenvalue weighted by Gasteiger charge is -2.35. The maximum atomic E-state index is 13.5. The van der Waals surface area contributed by atoms with E-state index in [1.807, 2.05) is 12.3 Å². The molecule has 4 aromatic rings. The van der Waals surface area contributed by atoms with Crippen molar-refractivity contribution in [3.63, 3.8) is 0 Å². The molecule has 1 aliphatic rings. The molecule has 30 heavy (non-hydrogen) atoms. The molecule has 0 amide bonds. The maximum absolute atomic E-state index is 13.5. The van der Waals surface area contributed by atoms with E-state index in [2.05, 4.69) is 43.6 Å². The Morgan fingerprint density at radius 3 is 2.73 bits per heavy atom. The average Bonchev–Trinajstić information content (AvgIpc) is 3.13. The van der Waals surface area contributed by atoms with Gasteiger partial charge in [-0.25, -0.2) is 9.37 Å². The van der Waals surface area contributed by atoms with E-state index in [1.54, 1.807) is 12.1 Å². The minimum absolute atomic E-state index is 0.185. The molecule has 0 bridgehead atoms. The second-order valence-electron chi connectivity index (χ2n) is 7.92. The number of benzene rings is 1. The molecule has 1 aromatic carbocycles. The highest BCUT2D eigenvalue weighted by atomic mass is 19.1. The van der Waals surface area contributed by atoms with Crippen molar-refractivity contribution in [1.29, 1.82) is 0 Å². The third kappa shape index (κ3) is 3.45. The topological polar surface area (TPSA) is 57.2 Å². The molecule has 1 fully saturated rings. The predicted octanol–water partition coefficient (Wildman–Crippen LogP) is 2.92. The van der Waals surface area contributed by atoms with Crippen molar-refractivity contribution in [3.8, 4) is 0 Å². The van der Waals surface area contributed by atoms with Crippen LogP contribution >= 0.6 is 0 Å². The van der Waals surface area contributed by atoms with Crippen molar-refractivity contribution < 1.29 is 4.39 Å². The van der Waals surface area contributed by atoms with E-state index >= 15 is 0 Å². The fraction of sp³-hybridized carbons (Fsp3) is 0.304. The van der Waals surface area contributed by atoms with E-state index in [0.717, 1.165) is 55.9 Å². The molecule has 0 unspecified atom stereocenters. The van der Waals surface area contributed by atoms with Gasteiger partial charge in [-0.2, -0.15) is 0 Å². The van der Waals surface area contributed by atoms with Gasteiger partial charge in [0.15, 0.2) is 0 Å². The van der Waals surface area contributed by atoms with Gasteiger partial charge in [-0.05, 0) is 42.3 Å². The number of hydrogen-bond donors (Lipinski definition) is 1. The molecule has 0 atom stereocenters. The smallest absolute Gasteiger partial charge is 0.248 e. The minimum atomic E-state index is -0.339. The number of halogens is 1. The Labute approximate surface area is 173 Å². The molecule has 0 aliphatic carbocycles. The number of piperazine rings is 1. The van der Waals surface area contributed by atoms with Crippen LogP contribution in [0.2, 0.25) is 0 Å². The SMILES string of the molecule is Cn1ccc2c(N3CCN(CCc4cc(=O)[nH]c5cc(F)ccc45)CC3)nccc21. The number of aryl methyl sites for hydroxylation is 1. The number of aromatic amines is 1. The van der Waals surface area contributed by atoms with Crippen LogP contribution in [0.4, 0.5) is 10.2 Å². The quantitative estimate of drug-likeness (QED) is 0.567. The fourth-order valence-corrected chi connectivity index (χ4v) is 4.41. The van der Waals surface area contributed by atoms with Crippen molar-refractivity contribution in [3.05, 3.63) is 70.5 Å². The van der Waals surface area contributed by atoms with Crippen LogP contribution in [-0.2, 0) is 13.5 Å². The number of anilines is 1. The number of rotatable bonds is 4. The Balaban J connectivity index is 1.27. The highest BCUT2D eigenvalue weighted by molar-refractivity contribution is 5.90. The molecule has 1 aliphatic heterocycles. The summed E-state index contributed by atoms with van der Waals surface area (Å²) in [6, 6.07) is 10.4. The summed E-state index contributed by atoms with van der Waals surface area (Å²) in [6.45, 7) is 4.60. The molecule has 1 saturated heterocycles. The molecule has 4 heterocycles. The second-order valence-corrected chi connectivity index (χ2v) is 7.92. The van der Waals surface area contributed by atoms with E-state index in [4.69, 9.17) is 0 Å². The van der Waals surface area contributed by atoms with Gasteiger partial charge in [-0.3, -0.25) is 9.69 Å². The minimum Gasteiger partial charge on any atom is -0.353 e. The zero-order valence-corrected chi connectivity index (χ0v) is 16.9. The Kier molecular flexibility index (Phi) is 4.75. The van der Waals surface area contributed by atoms with Gasteiger partial charge in [-0.1, -0.05) is 0 Å². The van der Waals surface area contributed by atoms with Crippen LogP contribution in [0.25, 0.3) is 21.8 Å². The highest BCUT2D eigenvalue weighted by Crippen LogP contribution is 2.26. The van der Waals surface area contributed by atoms with Crippen LogP contribution in [0.1, 0.15) is 5.56 Å². The van der Waals surface area contributed by atoms with Crippen molar-refractivity contribution in [2.24, 2.45) is 7.05 Å². The summed E-state index contributed by atoms with van der Waals surface area (Å²) in [5.41, 5.74) is 2.53. The molecule has 1 N–H and O–H groups in total. The first-order chi connectivity index (χ1) is 14.6.